The number of aromatic nitrogens is 2. The predicted molar refractivity (Wildman–Crippen MR) is 71.1 cm³/mol. The molecule has 0 unspecified atom stereocenters. The first kappa shape index (κ1) is 14.4. The molecule has 0 aliphatic heterocycles. The fourth-order valence-corrected chi connectivity index (χ4v) is 2.04. The Morgan fingerprint density at radius 1 is 1.40 bits per heavy atom. The van der Waals surface area contributed by atoms with E-state index in [0.29, 0.717) is 36.5 Å². The lowest BCUT2D eigenvalue weighted by Crippen LogP contribution is -2.29. The van der Waals surface area contributed by atoms with Gasteiger partial charge in [-0.1, -0.05) is 0 Å². The van der Waals surface area contributed by atoms with Crippen molar-refractivity contribution in [2.24, 2.45) is 5.73 Å². The molecule has 0 saturated heterocycles. The Morgan fingerprint density at radius 3 is 2.80 bits per heavy atom. The monoisotopic (exact) mass is 282 g/mol. The maximum absolute atomic E-state index is 13.3. The van der Waals surface area contributed by atoms with Crippen LogP contribution in [0.2, 0.25) is 0 Å². The van der Waals surface area contributed by atoms with E-state index in [9.17, 15) is 13.6 Å². The summed E-state index contributed by atoms with van der Waals surface area (Å²) in [6, 6.07) is 2.16. The number of nitrogens with two attached hydrogens (primary N) is 1. The number of nitrogens with one attached hydrogen (secondary N) is 1. The van der Waals surface area contributed by atoms with E-state index in [0.717, 1.165) is 12.1 Å². The molecule has 0 radical (unpaired) electrons. The smallest absolute Gasteiger partial charge is 0.221 e. The van der Waals surface area contributed by atoms with Crippen molar-refractivity contribution in [1.82, 2.24) is 14.9 Å². The Labute approximate surface area is 114 Å². The van der Waals surface area contributed by atoms with E-state index in [1.54, 1.807) is 11.5 Å². The lowest BCUT2D eigenvalue weighted by atomic mass is 10.3. The van der Waals surface area contributed by atoms with Gasteiger partial charge in [-0.3, -0.25) is 4.79 Å². The van der Waals surface area contributed by atoms with Crippen molar-refractivity contribution in [1.29, 1.82) is 0 Å². The van der Waals surface area contributed by atoms with Crippen molar-refractivity contribution in [2.45, 2.75) is 19.9 Å². The van der Waals surface area contributed by atoms with E-state index in [1.807, 2.05) is 0 Å². The number of benzene rings is 1. The van der Waals surface area contributed by atoms with Crippen LogP contribution in [0.15, 0.2) is 12.1 Å². The molecule has 0 fully saturated rings. The number of hydrogen-bond acceptors (Lipinski definition) is 3. The van der Waals surface area contributed by atoms with Crippen molar-refractivity contribution in [3.8, 4) is 0 Å². The molecule has 0 aliphatic carbocycles. The molecule has 5 nitrogen and oxygen atoms in total. The summed E-state index contributed by atoms with van der Waals surface area (Å²) in [5.74, 6) is -1.38. The lowest BCUT2D eigenvalue weighted by Gasteiger charge is -2.07. The summed E-state index contributed by atoms with van der Waals surface area (Å²) in [5, 5.41) is 2.65. The molecule has 20 heavy (non-hydrogen) atoms. The van der Waals surface area contributed by atoms with E-state index in [-0.39, 0.29) is 12.3 Å². The van der Waals surface area contributed by atoms with Crippen LogP contribution < -0.4 is 11.1 Å². The third-order valence-corrected chi connectivity index (χ3v) is 3.01. The maximum atomic E-state index is 13.3. The third-order valence-electron chi connectivity index (χ3n) is 3.01. The van der Waals surface area contributed by atoms with Crippen molar-refractivity contribution >= 4 is 16.9 Å². The zero-order valence-corrected chi connectivity index (χ0v) is 11.1. The molecule has 2 rings (SSSR count). The number of aryl methyl sites for hydroxylation is 2. The minimum absolute atomic E-state index is 0.140. The zero-order valence-electron chi connectivity index (χ0n) is 11.1. The maximum Gasteiger partial charge on any atom is 0.221 e. The molecule has 1 amide bonds. The predicted octanol–water partition coefficient (Wildman–Crippen LogP) is 1.09. The molecule has 3 N–H and O–H groups in total. The Bertz CT molecular complexity index is 639. The quantitative estimate of drug-likeness (QED) is 0.862. The summed E-state index contributed by atoms with van der Waals surface area (Å²) in [7, 11) is 0. The highest BCUT2D eigenvalue weighted by molar-refractivity contribution is 5.78. The Balaban J connectivity index is 2.19. The molecule has 1 aromatic heterocycles. The van der Waals surface area contributed by atoms with Gasteiger partial charge in [0.05, 0.1) is 11.0 Å². The lowest BCUT2D eigenvalue weighted by molar-refractivity contribution is -0.121. The van der Waals surface area contributed by atoms with Gasteiger partial charge in [0.1, 0.15) is 5.82 Å². The summed E-state index contributed by atoms with van der Waals surface area (Å²) >= 11 is 0. The fourth-order valence-electron chi connectivity index (χ4n) is 2.04. The van der Waals surface area contributed by atoms with Crippen LogP contribution in [0.1, 0.15) is 12.2 Å². The van der Waals surface area contributed by atoms with Crippen LogP contribution in [0.5, 0.6) is 0 Å². The van der Waals surface area contributed by atoms with E-state index in [4.69, 9.17) is 5.73 Å². The molecule has 0 bridgehead atoms. The van der Waals surface area contributed by atoms with E-state index >= 15 is 0 Å². The van der Waals surface area contributed by atoms with Gasteiger partial charge in [-0.25, -0.2) is 13.8 Å². The molecular weight excluding hydrogens is 266 g/mol. The minimum Gasteiger partial charge on any atom is -0.355 e. The van der Waals surface area contributed by atoms with Crippen molar-refractivity contribution in [3.63, 3.8) is 0 Å². The van der Waals surface area contributed by atoms with Crippen LogP contribution in [-0.4, -0.2) is 28.5 Å². The number of imidazole rings is 1. The van der Waals surface area contributed by atoms with Crippen LogP contribution in [0.4, 0.5) is 8.78 Å². The van der Waals surface area contributed by atoms with Gasteiger partial charge < -0.3 is 15.6 Å². The summed E-state index contributed by atoms with van der Waals surface area (Å²) in [6.07, 6.45) is 0.227. The fraction of sp³-hybridized carbons (Fsp3) is 0.385. The van der Waals surface area contributed by atoms with Gasteiger partial charge in [0.25, 0.3) is 0 Å². The van der Waals surface area contributed by atoms with Crippen LogP contribution in [-0.2, 0) is 11.3 Å². The topological polar surface area (TPSA) is 72.9 Å². The van der Waals surface area contributed by atoms with Crippen LogP contribution in [0, 0.1) is 18.6 Å². The van der Waals surface area contributed by atoms with Gasteiger partial charge in [0, 0.05) is 38.2 Å². The number of halogens is 2. The van der Waals surface area contributed by atoms with E-state index < -0.39 is 11.6 Å². The summed E-state index contributed by atoms with van der Waals surface area (Å²) in [4.78, 5) is 15.7. The normalized spacial score (nSPS) is 11.0. The molecular formula is C13H16F2N4O. The van der Waals surface area contributed by atoms with Gasteiger partial charge in [-0.05, 0) is 6.92 Å². The van der Waals surface area contributed by atoms with Gasteiger partial charge in [-0.2, -0.15) is 0 Å². The standard InChI is InChI=1S/C13H16F2N4O/c1-8-18-11-6-9(14)10(15)7-12(11)19(8)5-2-13(20)17-4-3-16/h6-7H,2-5,16H2,1H3,(H,17,20). The highest BCUT2D eigenvalue weighted by atomic mass is 19.2. The number of fused-ring (bicyclic) bond motifs is 1. The number of nitrogens with zero attached hydrogens (tertiary/aromatic N) is 2. The second kappa shape index (κ2) is 5.96. The number of amides is 1. The molecule has 108 valence electrons. The van der Waals surface area contributed by atoms with Crippen LogP contribution >= 0.6 is 0 Å². The molecule has 0 spiro atoms. The molecule has 7 heteroatoms. The average Bonchev–Trinajstić information content (AvgIpc) is 2.70. The summed E-state index contributed by atoms with van der Waals surface area (Å²) in [6.45, 7) is 2.88. The largest absolute Gasteiger partial charge is 0.355 e. The Hall–Kier alpha value is -2.02. The molecule has 1 aromatic carbocycles. The Morgan fingerprint density at radius 2 is 2.10 bits per heavy atom. The first-order valence-electron chi connectivity index (χ1n) is 6.31. The SMILES string of the molecule is Cc1nc2cc(F)c(F)cc2n1CCC(=O)NCCN. The van der Waals surface area contributed by atoms with Gasteiger partial charge in [0.15, 0.2) is 11.6 Å². The summed E-state index contributed by atoms with van der Waals surface area (Å²) in [5.41, 5.74) is 6.15. The molecule has 0 atom stereocenters. The van der Waals surface area contributed by atoms with Crippen LogP contribution in [0.3, 0.4) is 0 Å². The van der Waals surface area contributed by atoms with Crippen LogP contribution in [0.25, 0.3) is 11.0 Å². The minimum atomic E-state index is -0.928. The van der Waals surface area contributed by atoms with Crippen molar-refractivity contribution < 1.29 is 13.6 Å². The highest BCUT2D eigenvalue weighted by Crippen LogP contribution is 2.20. The average molecular weight is 282 g/mol. The van der Waals surface area contributed by atoms with Crippen molar-refractivity contribution in [3.05, 3.63) is 29.6 Å². The highest BCUT2D eigenvalue weighted by Gasteiger charge is 2.12. The molecule has 0 aliphatic rings. The molecule has 2 aromatic rings. The first-order valence-corrected chi connectivity index (χ1v) is 6.31. The van der Waals surface area contributed by atoms with Gasteiger partial charge in [-0.15, -0.1) is 0 Å². The van der Waals surface area contributed by atoms with Gasteiger partial charge >= 0.3 is 0 Å². The number of carbonyl (C=O) groups excluding carboxylic acids is 1. The molecule has 1 heterocycles. The second-order valence-electron chi connectivity index (χ2n) is 4.45. The first-order chi connectivity index (χ1) is 9.52. The van der Waals surface area contributed by atoms with E-state index in [1.165, 1.54) is 0 Å². The summed E-state index contributed by atoms with van der Waals surface area (Å²) < 4.78 is 28.1. The Kier molecular flexibility index (Phi) is 4.29. The third kappa shape index (κ3) is 2.93. The number of hydrogen-bond donors (Lipinski definition) is 2. The van der Waals surface area contributed by atoms with Gasteiger partial charge in [0.2, 0.25) is 5.91 Å². The number of carbonyl (C=O) groups is 1. The number of rotatable bonds is 5. The van der Waals surface area contributed by atoms with Crippen molar-refractivity contribution in [2.75, 3.05) is 13.1 Å². The zero-order chi connectivity index (χ0) is 14.7. The van der Waals surface area contributed by atoms with E-state index in [2.05, 4.69) is 10.3 Å². The molecule has 0 saturated carbocycles. The second-order valence-corrected chi connectivity index (χ2v) is 4.45.